The fourth-order valence-electron chi connectivity index (χ4n) is 1.19. The first-order valence-corrected chi connectivity index (χ1v) is 3.45. The van der Waals surface area contributed by atoms with E-state index in [2.05, 4.69) is 20.5 Å². The van der Waals surface area contributed by atoms with Gasteiger partial charge in [-0.3, -0.25) is 5.01 Å². The minimum Gasteiger partial charge on any atom is -0.294 e. The second-order valence-electron chi connectivity index (χ2n) is 2.39. The van der Waals surface area contributed by atoms with Crippen LogP contribution in [0.5, 0.6) is 0 Å². The Morgan fingerprint density at radius 2 is 2.00 bits per heavy atom. The molecule has 54 valence electrons. The Balaban J connectivity index is 2.12. The minimum absolute atomic E-state index is 1.07. The van der Waals surface area contributed by atoms with Gasteiger partial charge in [-0.25, -0.2) is 0 Å². The second-order valence-corrected chi connectivity index (χ2v) is 2.39. The molecular formula is C5H9N5. The Labute approximate surface area is 58.6 Å². The lowest BCUT2D eigenvalue weighted by molar-refractivity contribution is 0.566. The summed E-state index contributed by atoms with van der Waals surface area (Å²) in [4.78, 5) is 1.70. The summed E-state index contributed by atoms with van der Waals surface area (Å²) < 4.78 is 0. The van der Waals surface area contributed by atoms with Gasteiger partial charge in [-0.15, -0.1) is 9.89 Å². The van der Waals surface area contributed by atoms with Gasteiger partial charge in [0, 0.05) is 13.1 Å². The van der Waals surface area contributed by atoms with Gasteiger partial charge in [-0.2, -0.15) is 0 Å². The summed E-state index contributed by atoms with van der Waals surface area (Å²) in [6.07, 6.45) is 4.13. The third-order valence-electron chi connectivity index (χ3n) is 1.71. The van der Waals surface area contributed by atoms with Crippen molar-refractivity contribution in [3.63, 3.8) is 0 Å². The van der Waals surface area contributed by atoms with E-state index in [0.717, 1.165) is 13.1 Å². The molecule has 5 heteroatoms. The molecule has 0 spiro atoms. The fourth-order valence-corrected chi connectivity index (χ4v) is 1.19. The quantitative estimate of drug-likeness (QED) is 0.521. The number of hydrogen-bond donors (Lipinski definition) is 0. The Kier molecular flexibility index (Phi) is 1.26. The van der Waals surface area contributed by atoms with E-state index in [0.29, 0.717) is 0 Å². The van der Waals surface area contributed by atoms with E-state index in [1.54, 1.807) is 11.1 Å². The predicted molar refractivity (Wildman–Crippen MR) is 35.0 cm³/mol. The van der Waals surface area contributed by atoms with Crippen molar-refractivity contribution in [3.8, 4) is 0 Å². The first-order chi connectivity index (χ1) is 4.97. The van der Waals surface area contributed by atoms with E-state index in [9.17, 15) is 0 Å². The van der Waals surface area contributed by atoms with Gasteiger partial charge in [0.05, 0.1) is 0 Å². The summed E-state index contributed by atoms with van der Waals surface area (Å²) in [5, 5.41) is 13.0. The zero-order chi connectivity index (χ0) is 6.81. The Hall–Kier alpha value is -1.13. The Morgan fingerprint density at radius 1 is 1.20 bits per heavy atom. The largest absolute Gasteiger partial charge is 0.294 e. The van der Waals surface area contributed by atoms with Crippen LogP contribution in [-0.2, 0) is 0 Å². The maximum Gasteiger partial charge on any atom is 0.161 e. The monoisotopic (exact) mass is 139 g/mol. The number of nitrogens with zero attached hydrogens (tertiary/aromatic N) is 5. The highest BCUT2D eigenvalue weighted by molar-refractivity contribution is 4.86. The van der Waals surface area contributed by atoms with E-state index in [-0.39, 0.29) is 0 Å². The second kappa shape index (κ2) is 2.24. The van der Waals surface area contributed by atoms with Gasteiger partial charge in [0.1, 0.15) is 0 Å². The molecule has 5 nitrogen and oxygen atoms in total. The van der Waals surface area contributed by atoms with Gasteiger partial charge < -0.3 is 0 Å². The van der Waals surface area contributed by atoms with Crippen molar-refractivity contribution in [2.24, 2.45) is 0 Å². The van der Waals surface area contributed by atoms with Crippen LogP contribution in [0.3, 0.4) is 0 Å². The van der Waals surface area contributed by atoms with Crippen molar-refractivity contribution in [2.45, 2.75) is 12.8 Å². The van der Waals surface area contributed by atoms with Crippen molar-refractivity contribution in [3.05, 3.63) is 6.33 Å². The summed E-state index contributed by atoms with van der Waals surface area (Å²) >= 11 is 0. The standard InChI is InChI=1S/C5H9N5/c1-2-4-9(3-1)10-5-6-7-8-10/h5H,1-4H2. The average molecular weight is 139 g/mol. The van der Waals surface area contributed by atoms with Gasteiger partial charge in [0.25, 0.3) is 0 Å². The smallest absolute Gasteiger partial charge is 0.161 e. The summed E-state index contributed by atoms with van der Waals surface area (Å²) in [5.41, 5.74) is 0. The highest BCUT2D eigenvalue weighted by Gasteiger charge is 2.11. The molecule has 0 unspecified atom stereocenters. The molecule has 1 aliphatic heterocycles. The number of rotatable bonds is 1. The molecular weight excluding hydrogens is 130 g/mol. The predicted octanol–water partition coefficient (Wildman–Crippen LogP) is -0.595. The fraction of sp³-hybridized carbons (Fsp3) is 0.800. The van der Waals surface area contributed by atoms with E-state index in [1.807, 2.05) is 0 Å². The normalized spacial score (nSPS) is 18.2. The van der Waals surface area contributed by atoms with Crippen LogP contribution in [0.2, 0.25) is 0 Å². The molecule has 1 aromatic heterocycles. The Bertz CT molecular complexity index is 188. The number of aromatic nitrogens is 4. The van der Waals surface area contributed by atoms with Gasteiger partial charge in [0.2, 0.25) is 0 Å². The molecule has 10 heavy (non-hydrogen) atoms. The molecule has 0 radical (unpaired) electrons. The maximum absolute atomic E-state index is 3.78. The van der Waals surface area contributed by atoms with E-state index in [1.165, 1.54) is 12.8 Å². The van der Waals surface area contributed by atoms with Gasteiger partial charge >= 0.3 is 0 Å². The van der Waals surface area contributed by atoms with Gasteiger partial charge in [-0.05, 0) is 23.3 Å². The minimum atomic E-state index is 1.07. The highest BCUT2D eigenvalue weighted by Crippen LogP contribution is 2.03. The lowest BCUT2D eigenvalue weighted by Gasteiger charge is -2.13. The van der Waals surface area contributed by atoms with E-state index < -0.39 is 0 Å². The molecule has 1 saturated heterocycles. The molecule has 0 N–H and O–H groups in total. The van der Waals surface area contributed by atoms with Crippen molar-refractivity contribution in [2.75, 3.05) is 18.1 Å². The molecule has 1 aromatic rings. The molecule has 0 atom stereocenters. The molecule has 1 fully saturated rings. The molecule has 2 heterocycles. The third-order valence-corrected chi connectivity index (χ3v) is 1.71. The maximum atomic E-state index is 3.78. The molecule has 2 rings (SSSR count). The number of tetrazole rings is 1. The summed E-state index contributed by atoms with van der Waals surface area (Å²) in [6, 6.07) is 0. The highest BCUT2D eigenvalue weighted by atomic mass is 15.7. The lowest BCUT2D eigenvalue weighted by atomic mass is 10.4. The van der Waals surface area contributed by atoms with Crippen LogP contribution in [-0.4, -0.2) is 33.4 Å². The molecule has 1 aliphatic rings. The summed E-state index contributed by atoms with van der Waals surface area (Å²) in [6.45, 7) is 2.15. The van der Waals surface area contributed by atoms with Crippen molar-refractivity contribution in [1.82, 2.24) is 20.3 Å². The molecule has 0 aromatic carbocycles. The van der Waals surface area contributed by atoms with Gasteiger partial charge in [-0.1, -0.05) is 0 Å². The van der Waals surface area contributed by atoms with E-state index >= 15 is 0 Å². The van der Waals surface area contributed by atoms with Crippen LogP contribution >= 0.6 is 0 Å². The van der Waals surface area contributed by atoms with Crippen LogP contribution in [0, 0.1) is 0 Å². The van der Waals surface area contributed by atoms with Crippen LogP contribution in [0.15, 0.2) is 6.33 Å². The molecule has 0 amide bonds. The van der Waals surface area contributed by atoms with Crippen LogP contribution in [0.1, 0.15) is 12.8 Å². The lowest BCUT2D eigenvalue weighted by Crippen LogP contribution is -2.31. The first kappa shape index (κ1) is 5.64. The topological polar surface area (TPSA) is 46.8 Å². The van der Waals surface area contributed by atoms with Crippen molar-refractivity contribution >= 4 is 0 Å². The molecule has 0 saturated carbocycles. The van der Waals surface area contributed by atoms with Crippen LogP contribution in [0.4, 0.5) is 0 Å². The van der Waals surface area contributed by atoms with Crippen molar-refractivity contribution < 1.29 is 0 Å². The summed E-state index contributed by atoms with van der Waals surface area (Å²) in [7, 11) is 0. The average Bonchev–Trinajstić information content (AvgIpc) is 2.59. The molecule has 0 bridgehead atoms. The zero-order valence-corrected chi connectivity index (χ0v) is 5.64. The van der Waals surface area contributed by atoms with Crippen molar-refractivity contribution in [1.29, 1.82) is 0 Å². The third kappa shape index (κ3) is 0.832. The SMILES string of the molecule is c1nnnn1N1CCCC1. The molecule has 0 aliphatic carbocycles. The van der Waals surface area contributed by atoms with Crippen LogP contribution in [0.25, 0.3) is 0 Å². The van der Waals surface area contributed by atoms with Gasteiger partial charge in [0.15, 0.2) is 6.33 Å². The van der Waals surface area contributed by atoms with Crippen LogP contribution < -0.4 is 5.01 Å². The Morgan fingerprint density at radius 3 is 2.60 bits per heavy atom. The first-order valence-electron chi connectivity index (χ1n) is 3.45. The summed E-state index contributed by atoms with van der Waals surface area (Å²) in [5.74, 6) is 0. The zero-order valence-electron chi connectivity index (χ0n) is 5.64. The van der Waals surface area contributed by atoms with E-state index in [4.69, 9.17) is 0 Å². The number of hydrogen-bond acceptors (Lipinski definition) is 4.